The van der Waals surface area contributed by atoms with Crippen LogP contribution in [0.25, 0.3) is 6.08 Å². The standard InChI is InChI=1S/C30H39N5O2.C6H6.2C2H6/c1-29(11-4-5-12-29)34-14-8-16-35(22-36)15-7-9-23-17-24-19-30(28(37)32-3,26-10-6-13-33-21-26)20-25(24)18-27(23)31-2;1-2-4-6-5-3-1;2*1-2/h6-7,9-10,13,17-18,21-22,34H,2,4-5,8,11-12,14-16,19-20H2,1,3H3,(H,32,37);1-6H;2*1-2H3/b9-7+;;;. The number of likely N-dealkylation sites (N-methyl/N-ethyl adjacent to an activating group) is 1. The van der Waals surface area contributed by atoms with E-state index in [0.717, 1.165) is 47.3 Å². The summed E-state index contributed by atoms with van der Waals surface area (Å²) >= 11 is 0. The third-order valence-electron chi connectivity index (χ3n) is 8.71. The highest BCUT2D eigenvalue weighted by Crippen LogP contribution is 2.42. The maximum Gasteiger partial charge on any atom is 0.231 e. The second-order valence-electron chi connectivity index (χ2n) is 11.8. The first-order valence-corrected chi connectivity index (χ1v) is 17.3. The van der Waals surface area contributed by atoms with E-state index in [0.29, 0.717) is 25.9 Å². The lowest BCUT2D eigenvalue weighted by atomic mass is 9.77. The van der Waals surface area contributed by atoms with E-state index in [1.165, 1.54) is 25.7 Å². The molecule has 0 radical (unpaired) electrons. The lowest BCUT2D eigenvalue weighted by molar-refractivity contribution is -0.126. The molecule has 1 saturated carbocycles. The Morgan fingerprint density at radius 3 is 2.15 bits per heavy atom. The molecule has 0 spiro atoms. The highest BCUT2D eigenvalue weighted by atomic mass is 16.2. The average Bonchev–Trinajstić information content (AvgIpc) is 3.75. The van der Waals surface area contributed by atoms with Gasteiger partial charge in [0.2, 0.25) is 12.3 Å². The fraction of sp³-hybridized carbons (Fsp3) is 0.450. The monoisotopic (exact) mass is 639 g/mol. The van der Waals surface area contributed by atoms with E-state index in [2.05, 4.69) is 40.3 Å². The van der Waals surface area contributed by atoms with Crippen molar-refractivity contribution in [3.63, 3.8) is 0 Å². The van der Waals surface area contributed by atoms with Crippen LogP contribution >= 0.6 is 0 Å². The molecule has 47 heavy (non-hydrogen) atoms. The van der Waals surface area contributed by atoms with E-state index in [-0.39, 0.29) is 11.4 Å². The van der Waals surface area contributed by atoms with Crippen molar-refractivity contribution in [3.05, 3.63) is 101 Å². The highest BCUT2D eigenvalue weighted by molar-refractivity contribution is 5.90. The molecule has 5 rings (SSSR count). The zero-order valence-corrected chi connectivity index (χ0v) is 29.6. The first-order valence-electron chi connectivity index (χ1n) is 17.3. The quantitative estimate of drug-likeness (QED) is 0.121. The van der Waals surface area contributed by atoms with Crippen LogP contribution in [0.2, 0.25) is 0 Å². The van der Waals surface area contributed by atoms with Crippen molar-refractivity contribution in [2.45, 2.75) is 90.5 Å². The SMILES string of the molecule is C=Nc1cc2c(cc1/C=C/CN(C=O)CCCNC1(C)CCCC1)CC(C(=O)NC)(c1cccnc1)C2.CC.CC.c1ccccc1. The Bertz CT molecular complexity index is 1340. The molecule has 7 heteroatoms. The van der Waals surface area contributed by atoms with Gasteiger partial charge in [-0.3, -0.25) is 19.6 Å². The number of nitrogens with one attached hydrogen (secondary N) is 2. The second kappa shape index (κ2) is 20.9. The van der Waals surface area contributed by atoms with Crippen LogP contribution in [-0.2, 0) is 27.8 Å². The number of carbonyl (C=O) groups excluding carboxylic acids is 2. The molecule has 1 aromatic heterocycles. The number of hydrogen-bond donors (Lipinski definition) is 2. The van der Waals surface area contributed by atoms with E-state index in [1.54, 1.807) is 24.3 Å². The number of hydrogen-bond acceptors (Lipinski definition) is 5. The molecule has 1 fully saturated rings. The minimum Gasteiger partial charge on any atom is -0.358 e. The molecule has 254 valence electrons. The van der Waals surface area contributed by atoms with Crippen LogP contribution in [0.3, 0.4) is 0 Å². The van der Waals surface area contributed by atoms with Gasteiger partial charge < -0.3 is 15.5 Å². The fourth-order valence-corrected chi connectivity index (χ4v) is 6.28. The van der Waals surface area contributed by atoms with Crippen LogP contribution in [0, 0.1) is 0 Å². The van der Waals surface area contributed by atoms with Gasteiger partial charge in [0.25, 0.3) is 0 Å². The molecule has 1 atom stereocenters. The van der Waals surface area contributed by atoms with Crippen LogP contribution in [0.1, 0.15) is 89.0 Å². The minimum atomic E-state index is -0.690. The molecule has 0 saturated heterocycles. The number of aliphatic imine (C=N–C) groups is 1. The van der Waals surface area contributed by atoms with Crippen LogP contribution in [0.4, 0.5) is 5.69 Å². The summed E-state index contributed by atoms with van der Waals surface area (Å²) in [7, 11) is 1.68. The Morgan fingerprint density at radius 1 is 1.00 bits per heavy atom. The number of nitrogens with zero attached hydrogens (tertiary/aromatic N) is 3. The van der Waals surface area contributed by atoms with Crippen molar-refractivity contribution in [3.8, 4) is 0 Å². The van der Waals surface area contributed by atoms with Crippen molar-refractivity contribution in [1.29, 1.82) is 0 Å². The summed E-state index contributed by atoms with van der Waals surface area (Å²) < 4.78 is 0. The molecule has 0 bridgehead atoms. The highest BCUT2D eigenvalue weighted by Gasteiger charge is 2.45. The van der Waals surface area contributed by atoms with Crippen LogP contribution in [0.5, 0.6) is 0 Å². The molecular formula is C40H57N5O2. The van der Waals surface area contributed by atoms with E-state index in [1.807, 2.05) is 94.4 Å². The zero-order chi connectivity index (χ0) is 34.5. The lowest BCUT2D eigenvalue weighted by Crippen LogP contribution is -2.44. The van der Waals surface area contributed by atoms with Crippen molar-refractivity contribution in [2.75, 3.05) is 26.7 Å². The summed E-state index contributed by atoms with van der Waals surface area (Å²) in [6.07, 6.45) is 15.6. The van der Waals surface area contributed by atoms with E-state index >= 15 is 0 Å². The molecular weight excluding hydrogens is 582 g/mol. The Morgan fingerprint density at radius 2 is 1.62 bits per heavy atom. The van der Waals surface area contributed by atoms with Gasteiger partial charge in [-0.2, -0.15) is 0 Å². The first kappa shape index (κ1) is 39.1. The largest absolute Gasteiger partial charge is 0.358 e. The summed E-state index contributed by atoms with van der Waals surface area (Å²) in [6.45, 7) is 16.2. The predicted molar refractivity (Wildman–Crippen MR) is 198 cm³/mol. The number of pyridine rings is 1. The van der Waals surface area contributed by atoms with E-state index < -0.39 is 5.41 Å². The molecule has 2 aromatic carbocycles. The van der Waals surface area contributed by atoms with Gasteiger partial charge in [0.15, 0.2) is 0 Å². The molecule has 0 aliphatic heterocycles. The molecule has 2 aliphatic carbocycles. The third kappa shape index (κ3) is 11.3. The molecule has 2 N–H and O–H groups in total. The zero-order valence-electron chi connectivity index (χ0n) is 29.6. The summed E-state index contributed by atoms with van der Waals surface area (Å²) in [5.74, 6) is -0.0139. The van der Waals surface area contributed by atoms with Crippen molar-refractivity contribution < 1.29 is 9.59 Å². The van der Waals surface area contributed by atoms with Gasteiger partial charge >= 0.3 is 0 Å². The maximum atomic E-state index is 13.1. The van der Waals surface area contributed by atoms with E-state index in [4.69, 9.17) is 0 Å². The van der Waals surface area contributed by atoms with Crippen molar-refractivity contribution >= 4 is 30.8 Å². The summed E-state index contributed by atoms with van der Waals surface area (Å²) in [6, 6.07) is 20.0. The van der Waals surface area contributed by atoms with Gasteiger partial charge in [0, 0.05) is 43.6 Å². The normalized spacial score (nSPS) is 17.1. The number of fused-ring (bicyclic) bond motifs is 1. The Kier molecular flexibility index (Phi) is 17.4. The van der Waals surface area contributed by atoms with Crippen molar-refractivity contribution in [2.24, 2.45) is 4.99 Å². The van der Waals surface area contributed by atoms with Crippen LogP contribution in [-0.4, -0.2) is 61.1 Å². The van der Waals surface area contributed by atoms with Gasteiger partial charge in [-0.25, -0.2) is 0 Å². The number of aromatic nitrogens is 1. The molecule has 1 heterocycles. The Labute approximate surface area is 284 Å². The minimum absolute atomic E-state index is 0.0139. The van der Waals surface area contributed by atoms with E-state index in [9.17, 15) is 9.59 Å². The number of amides is 2. The van der Waals surface area contributed by atoms with Gasteiger partial charge in [0.05, 0.1) is 11.1 Å². The van der Waals surface area contributed by atoms with Crippen LogP contribution < -0.4 is 10.6 Å². The molecule has 2 amide bonds. The van der Waals surface area contributed by atoms with Crippen molar-refractivity contribution in [1.82, 2.24) is 20.5 Å². The number of carbonyl (C=O) groups is 2. The first-order chi connectivity index (χ1) is 22.9. The molecule has 7 nitrogen and oxygen atoms in total. The van der Waals surface area contributed by atoms with Gasteiger partial charge in [-0.15, -0.1) is 0 Å². The van der Waals surface area contributed by atoms with Gasteiger partial charge in [-0.1, -0.05) is 95.2 Å². The Balaban J connectivity index is 0.000000671. The summed E-state index contributed by atoms with van der Waals surface area (Å²) in [4.78, 5) is 35.0. The maximum absolute atomic E-state index is 13.1. The second-order valence-corrected chi connectivity index (χ2v) is 11.8. The molecule has 1 unspecified atom stereocenters. The number of benzene rings is 2. The summed E-state index contributed by atoms with van der Waals surface area (Å²) in [5.41, 5.74) is 4.43. The van der Waals surface area contributed by atoms with Gasteiger partial charge in [0.1, 0.15) is 0 Å². The molecule has 3 aromatic rings. The smallest absolute Gasteiger partial charge is 0.231 e. The Hall–Kier alpha value is -4.10. The fourth-order valence-electron chi connectivity index (χ4n) is 6.28. The van der Waals surface area contributed by atoms with Gasteiger partial charge in [-0.05, 0) is 87.2 Å². The predicted octanol–water partition coefficient (Wildman–Crippen LogP) is 7.72. The lowest BCUT2D eigenvalue weighted by Gasteiger charge is -2.27. The third-order valence-corrected chi connectivity index (χ3v) is 8.71. The topological polar surface area (TPSA) is 86.7 Å². The average molecular weight is 640 g/mol. The number of rotatable bonds is 12. The van der Waals surface area contributed by atoms with Crippen LogP contribution in [0.15, 0.2) is 84.1 Å². The molecule has 2 aliphatic rings. The summed E-state index contributed by atoms with van der Waals surface area (Å²) in [5, 5.41) is 6.53.